The number of fused-ring (bicyclic) bond motifs is 1. The summed E-state index contributed by atoms with van der Waals surface area (Å²) in [7, 11) is 0. The lowest BCUT2D eigenvalue weighted by Gasteiger charge is -2.25. The second-order valence-corrected chi connectivity index (χ2v) is 6.50. The zero-order valence-corrected chi connectivity index (χ0v) is 14.6. The van der Waals surface area contributed by atoms with Gasteiger partial charge in [0.1, 0.15) is 6.54 Å². The Morgan fingerprint density at radius 2 is 2.15 bits per heavy atom. The first-order valence-electron chi connectivity index (χ1n) is 8.74. The van der Waals surface area contributed by atoms with Crippen LogP contribution in [0.3, 0.4) is 0 Å². The molecular weight excluding hydrogens is 328 g/mol. The molecule has 0 fully saturated rings. The van der Waals surface area contributed by atoms with Gasteiger partial charge in [0.15, 0.2) is 5.82 Å². The van der Waals surface area contributed by atoms with Gasteiger partial charge in [-0.2, -0.15) is 5.10 Å². The summed E-state index contributed by atoms with van der Waals surface area (Å²) in [5.74, 6) is 0.648. The van der Waals surface area contributed by atoms with Crippen LogP contribution in [0.1, 0.15) is 35.8 Å². The van der Waals surface area contributed by atoms with Gasteiger partial charge in [-0.1, -0.05) is 0 Å². The van der Waals surface area contributed by atoms with Gasteiger partial charge in [-0.25, -0.2) is 9.97 Å². The van der Waals surface area contributed by atoms with E-state index in [1.807, 2.05) is 37.5 Å². The van der Waals surface area contributed by atoms with E-state index in [0.29, 0.717) is 5.82 Å². The van der Waals surface area contributed by atoms with Crippen molar-refractivity contribution in [2.45, 2.75) is 38.8 Å². The van der Waals surface area contributed by atoms with Crippen molar-refractivity contribution in [2.75, 3.05) is 0 Å². The number of hydrogen-bond acceptors (Lipinski definition) is 5. The number of nitrogens with zero attached hydrogens (tertiary/aromatic N) is 5. The lowest BCUT2D eigenvalue weighted by Crippen LogP contribution is -2.34. The van der Waals surface area contributed by atoms with Crippen molar-refractivity contribution in [2.24, 2.45) is 0 Å². The zero-order chi connectivity index (χ0) is 17.9. The van der Waals surface area contributed by atoms with Crippen LogP contribution in [0.2, 0.25) is 0 Å². The van der Waals surface area contributed by atoms with Crippen LogP contribution < -0.4 is 5.32 Å². The monoisotopic (exact) mass is 348 g/mol. The van der Waals surface area contributed by atoms with Crippen molar-refractivity contribution in [1.82, 2.24) is 30.0 Å². The minimum Gasteiger partial charge on any atom is -0.348 e. The van der Waals surface area contributed by atoms with E-state index in [-0.39, 0.29) is 18.5 Å². The minimum absolute atomic E-state index is 0.0469. The average molecular weight is 348 g/mol. The highest BCUT2D eigenvalue weighted by atomic mass is 16.2. The summed E-state index contributed by atoms with van der Waals surface area (Å²) >= 11 is 0. The third kappa shape index (κ3) is 3.46. The molecule has 0 saturated heterocycles. The molecule has 1 amide bonds. The van der Waals surface area contributed by atoms with Crippen LogP contribution in [0.4, 0.5) is 0 Å². The number of nitrogens with one attached hydrogen (secondary N) is 1. The molecule has 0 saturated carbocycles. The van der Waals surface area contributed by atoms with Crippen molar-refractivity contribution >= 4 is 5.91 Å². The standard InChI is InChI=1S/C19H20N6O/c1-13-7-10-25(24-13)12-18(26)22-16-3-2-4-17-15(16)11-21-19(23-17)14-5-8-20-9-6-14/h5-11,16H,2-4,12H2,1H3,(H,22,26)/t16-/m1/s1. The number of aryl methyl sites for hydroxylation is 2. The van der Waals surface area contributed by atoms with E-state index in [9.17, 15) is 4.79 Å². The molecule has 1 aliphatic rings. The Kier molecular flexibility index (Phi) is 4.43. The molecule has 0 aliphatic heterocycles. The summed E-state index contributed by atoms with van der Waals surface area (Å²) in [6.07, 6.45) is 9.92. The number of aromatic nitrogens is 5. The molecule has 4 rings (SSSR count). The molecule has 3 heterocycles. The van der Waals surface area contributed by atoms with Gasteiger partial charge < -0.3 is 5.32 Å². The Hall–Kier alpha value is -3.09. The molecule has 0 spiro atoms. The summed E-state index contributed by atoms with van der Waals surface area (Å²) < 4.78 is 1.65. The second-order valence-electron chi connectivity index (χ2n) is 6.50. The lowest BCUT2D eigenvalue weighted by molar-refractivity contribution is -0.122. The van der Waals surface area contributed by atoms with Crippen LogP contribution in [0, 0.1) is 6.92 Å². The fourth-order valence-corrected chi connectivity index (χ4v) is 3.28. The number of hydrogen-bond donors (Lipinski definition) is 1. The average Bonchev–Trinajstić information content (AvgIpc) is 3.07. The molecule has 3 aromatic rings. The number of amides is 1. The van der Waals surface area contributed by atoms with Crippen LogP contribution in [0.5, 0.6) is 0 Å². The molecule has 1 atom stereocenters. The van der Waals surface area contributed by atoms with E-state index < -0.39 is 0 Å². The quantitative estimate of drug-likeness (QED) is 0.781. The van der Waals surface area contributed by atoms with E-state index in [0.717, 1.165) is 41.8 Å². The number of rotatable bonds is 4. The highest BCUT2D eigenvalue weighted by molar-refractivity contribution is 5.76. The maximum absolute atomic E-state index is 12.4. The van der Waals surface area contributed by atoms with Gasteiger partial charge in [-0.15, -0.1) is 0 Å². The first kappa shape index (κ1) is 16.4. The van der Waals surface area contributed by atoms with Crippen molar-refractivity contribution in [1.29, 1.82) is 0 Å². The molecule has 0 radical (unpaired) electrons. The summed E-state index contributed by atoms with van der Waals surface area (Å²) in [5.41, 5.74) is 3.87. The molecule has 3 aromatic heterocycles. The normalized spacial score (nSPS) is 16.1. The summed E-state index contributed by atoms with van der Waals surface area (Å²) in [6.45, 7) is 2.12. The maximum atomic E-state index is 12.4. The molecule has 0 bridgehead atoms. The third-order valence-corrected chi connectivity index (χ3v) is 4.54. The molecule has 0 unspecified atom stereocenters. The largest absolute Gasteiger partial charge is 0.348 e. The molecule has 0 aromatic carbocycles. The van der Waals surface area contributed by atoms with Crippen LogP contribution in [0.25, 0.3) is 11.4 Å². The highest BCUT2D eigenvalue weighted by Gasteiger charge is 2.24. The van der Waals surface area contributed by atoms with Gasteiger partial charge in [-0.05, 0) is 44.4 Å². The SMILES string of the molecule is Cc1ccn(CC(=O)N[C@@H]2CCCc3nc(-c4ccncc4)ncc32)n1. The molecular formula is C19H20N6O. The van der Waals surface area contributed by atoms with Gasteiger partial charge >= 0.3 is 0 Å². The summed E-state index contributed by atoms with van der Waals surface area (Å²) in [5, 5.41) is 7.36. The van der Waals surface area contributed by atoms with Crippen LogP contribution in [0.15, 0.2) is 43.0 Å². The topological polar surface area (TPSA) is 85.6 Å². The number of pyridine rings is 1. The van der Waals surface area contributed by atoms with Crippen LogP contribution in [-0.4, -0.2) is 30.6 Å². The van der Waals surface area contributed by atoms with Gasteiger partial charge in [0, 0.05) is 41.6 Å². The van der Waals surface area contributed by atoms with E-state index in [1.54, 1.807) is 17.1 Å². The Morgan fingerprint density at radius 1 is 1.31 bits per heavy atom. The predicted octanol–water partition coefficient (Wildman–Crippen LogP) is 2.24. The molecule has 132 valence electrons. The zero-order valence-electron chi connectivity index (χ0n) is 14.6. The fourth-order valence-electron chi connectivity index (χ4n) is 3.28. The molecule has 7 nitrogen and oxygen atoms in total. The first-order chi connectivity index (χ1) is 12.7. The minimum atomic E-state index is -0.0517. The van der Waals surface area contributed by atoms with E-state index in [1.165, 1.54) is 0 Å². The smallest absolute Gasteiger partial charge is 0.242 e. The maximum Gasteiger partial charge on any atom is 0.242 e. The van der Waals surface area contributed by atoms with Crippen molar-refractivity contribution in [3.05, 3.63) is 59.9 Å². The fraction of sp³-hybridized carbons (Fsp3) is 0.316. The third-order valence-electron chi connectivity index (χ3n) is 4.54. The molecule has 1 aliphatic carbocycles. The van der Waals surface area contributed by atoms with Gasteiger partial charge in [0.05, 0.1) is 11.7 Å². The van der Waals surface area contributed by atoms with E-state index in [2.05, 4.69) is 20.4 Å². The lowest BCUT2D eigenvalue weighted by atomic mass is 9.92. The van der Waals surface area contributed by atoms with Crippen molar-refractivity contribution in [3.63, 3.8) is 0 Å². The Labute approximate surface area is 151 Å². The highest BCUT2D eigenvalue weighted by Crippen LogP contribution is 2.29. The number of carbonyl (C=O) groups is 1. The van der Waals surface area contributed by atoms with Crippen LogP contribution in [-0.2, 0) is 17.8 Å². The molecule has 7 heteroatoms. The predicted molar refractivity (Wildman–Crippen MR) is 96.0 cm³/mol. The van der Waals surface area contributed by atoms with E-state index >= 15 is 0 Å². The molecule has 26 heavy (non-hydrogen) atoms. The molecule has 1 N–H and O–H groups in total. The summed E-state index contributed by atoms with van der Waals surface area (Å²) in [6, 6.07) is 5.64. The summed E-state index contributed by atoms with van der Waals surface area (Å²) in [4.78, 5) is 25.6. The Balaban J connectivity index is 1.51. The second kappa shape index (κ2) is 7.03. The van der Waals surface area contributed by atoms with Crippen LogP contribution >= 0.6 is 0 Å². The number of carbonyl (C=O) groups excluding carboxylic acids is 1. The van der Waals surface area contributed by atoms with E-state index in [4.69, 9.17) is 4.98 Å². The Morgan fingerprint density at radius 3 is 2.92 bits per heavy atom. The van der Waals surface area contributed by atoms with Crippen molar-refractivity contribution < 1.29 is 4.79 Å². The Bertz CT molecular complexity index is 921. The first-order valence-corrected chi connectivity index (χ1v) is 8.74. The van der Waals surface area contributed by atoms with Gasteiger partial charge in [-0.3, -0.25) is 14.5 Å². The van der Waals surface area contributed by atoms with Gasteiger partial charge in [0.2, 0.25) is 5.91 Å². The van der Waals surface area contributed by atoms with Gasteiger partial charge in [0.25, 0.3) is 0 Å². The van der Waals surface area contributed by atoms with Crippen molar-refractivity contribution in [3.8, 4) is 11.4 Å².